The van der Waals surface area contributed by atoms with Crippen molar-refractivity contribution >= 4 is 27.0 Å². The molecule has 1 aliphatic heterocycles. The molecule has 2 aromatic rings. The van der Waals surface area contributed by atoms with Gasteiger partial charge in [0.1, 0.15) is 4.21 Å². The second-order valence-electron chi connectivity index (χ2n) is 6.01. The quantitative estimate of drug-likeness (QED) is 0.884. The van der Waals surface area contributed by atoms with E-state index in [2.05, 4.69) is 15.7 Å². The van der Waals surface area contributed by atoms with Crippen LogP contribution in [0.4, 0.5) is 5.69 Å². The van der Waals surface area contributed by atoms with Gasteiger partial charge in [-0.3, -0.25) is 9.62 Å². The van der Waals surface area contributed by atoms with Gasteiger partial charge in [0.2, 0.25) is 0 Å². The number of nitrogens with zero attached hydrogens (tertiary/aromatic N) is 1. The van der Waals surface area contributed by atoms with Crippen LogP contribution in [0.3, 0.4) is 0 Å². The molecule has 5 nitrogen and oxygen atoms in total. The van der Waals surface area contributed by atoms with Crippen molar-refractivity contribution in [3.8, 4) is 0 Å². The molecule has 0 unspecified atom stereocenters. The Morgan fingerprint density at radius 1 is 1.17 bits per heavy atom. The van der Waals surface area contributed by atoms with Gasteiger partial charge in [-0.1, -0.05) is 12.1 Å². The van der Waals surface area contributed by atoms with Crippen LogP contribution < -0.4 is 4.72 Å². The summed E-state index contributed by atoms with van der Waals surface area (Å²) in [4.78, 5) is 3.29. The molecule has 24 heavy (non-hydrogen) atoms. The summed E-state index contributed by atoms with van der Waals surface area (Å²) in [5.74, 6) is 0. The number of hydrogen-bond donors (Lipinski definition) is 1. The minimum absolute atomic E-state index is 0.345. The van der Waals surface area contributed by atoms with Crippen molar-refractivity contribution < 1.29 is 13.2 Å². The van der Waals surface area contributed by atoms with Gasteiger partial charge in [-0.25, -0.2) is 8.42 Å². The van der Waals surface area contributed by atoms with Gasteiger partial charge in [0.25, 0.3) is 10.0 Å². The van der Waals surface area contributed by atoms with Gasteiger partial charge in [-0.2, -0.15) is 0 Å². The SMILES string of the molecule is Cc1ccc(S(=O)(=O)Nc2cc(CN3CCOCC3)ccc2C)s1. The molecule has 130 valence electrons. The third-order valence-electron chi connectivity index (χ3n) is 4.04. The molecule has 1 aromatic carbocycles. The first-order valence-corrected chi connectivity index (χ1v) is 10.2. The Labute approximate surface area is 147 Å². The summed E-state index contributed by atoms with van der Waals surface area (Å²) in [7, 11) is -3.53. The third-order valence-corrected chi connectivity index (χ3v) is 6.89. The molecule has 1 aliphatic rings. The van der Waals surface area contributed by atoms with E-state index in [4.69, 9.17) is 4.74 Å². The number of morpholine rings is 1. The van der Waals surface area contributed by atoms with E-state index < -0.39 is 10.0 Å². The highest BCUT2D eigenvalue weighted by Gasteiger charge is 2.18. The lowest BCUT2D eigenvalue weighted by atomic mass is 10.1. The van der Waals surface area contributed by atoms with Gasteiger partial charge < -0.3 is 4.74 Å². The summed E-state index contributed by atoms with van der Waals surface area (Å²) in [6, 6.07) is 9.42. The molecule has 0 saturated carbocycles. The zero-order valence-corrected chi connectivity index (χ0v) is 15.5. The zero-order chi connectivity index (χ0) is 17.2. The number of anilines is 1. The number of ether oxygens (including phenoxy) is 1. The summed E-state index contributed by atoms with van der Waals surface area (Å²) < 4.78 is 33.5. The van der Waals surface area contributed by atoms with Crippen LogP contribution in [0.5, 0.6) is 0 Å². The van der Waals surface area contributed by atoms with Crippen LogP contribution in [-0.4, -0.2) is 39.6 Å². The van der Waals surface area contributed by atoms with E-state index in [9.17, 15) is 8.42 Å². The molecule has 1 N–H and O–H groups in total. The maximum absolute atomic E-state index is 12.5. The number of aryl methyl sites for hydroxylation is 2. The highest BCUT2D eigenvalue weighted by Crippen LogP contribution is 2.26. The van der Waals surface area contributed by atoms with Crippen molar-refractivity contribution in [3.63, 3.8) is 0 Å². The van der Waals surface area contributed by atoms with Crippen molar-refractivity contribution in [2.45, 2.75) is 24.6 Å². The Balaban J connectivity index is 1.78. The highest BCUT2D eigenvalue weighted by molar-refractivity contribution is 7.94. The predicted octanol–water partition coefficient (Wildman–Crippen LogP) is 3.00. The van der Waals surface area contributed by atoms with Gasteiger partial charge in [-0.15, -0.1) is 11.3 Å². The number of sulfonamides is 1. The van der Waals surface area contributed by atoms with Crippen molar-refractivity contribution in [2.24, 2.45) is 0 Å². The van der Waals surface area contributed by atoms with Crippen LogP contribution in [0.1, 0.15) is 16.0 Å². The van der Waals surface area contributed by atoms with Crippen molar-refractivity contribution in [3.05, 3.63) is 46.3 Å². The van der Waals surface area contributed by atoms with Crippen LogP contribution >= 0.6 is 11.3 Å². The Kier molecular flexibility index (Phi) is 5.24. The van der Waals surface area contributed by atoms with E-state index in [1.807, 2.05) is 32.0 Å². The van der Waals surface area contributed by atoms with Crippen molar-refractivity contribution in [1.29, 1.82) is 0 Å². The lowest BCUT2D eigenvalue weighted by molar-refractivity contribution is 0.0342. The molecule has 3 rings (SSSR count). The molecule has 1 fully saturated rings. The normalized spacial score (nSPS) is 16.2. The van der Waals surface area contributed by atoms with Gasteiger partial charge in [0.15, 0.2) is 0 Å². The fourth-order valence-corrected chi connectivity index (χ4v) is 5.05. The Hall–Kier alpha value is -1.41. The molecule has 0 amide bonds. The van der Waals surface area contributed by atoms with E-state index in [-0.39, 0.29) is 0 Å². The first-order valence-electron chi connectivity index (χ1n) is 7.93. The van der Waals surface area contributed by atoms with E-state index >= 15 is 0 Å². The average molecular weight is 367 g/mol. The first kappa shape index (κ1) is 17.4. The largest absolute Gasteiger partial charge is 0.379 e. The minimum Gasteiger partial charge on any atom is -0.379 e. The predicted molar refractivity (Wildman–Crippen MR) is 97.1 cm³/mol. The van der Waals surface area contributed by atoms with E-state index in [1.165, 1.54) is 11.3 Å². The summed E-state index contributed by atoms with van der Waals surface area (Å²) in [5, 5.41) is 0. The maximum atomic E-state index is 12.5. The molecule has 2 heterocycles. The fourth-order valence-electron chi connectivity index (χ4n) is 2.65. The van der Waals surface area contributed by atoms with Gasteiger partial charge in [0.05, 0.1) is 18.9 Å². The summed E-state index contributed by atoms with van der Waals surface area (Å²) in [6.45, 7) is 7.93. The Morgan fingerprint density at radius 2 is 1.92 bits per heavy atom. The van der Waals surface area contributed by atoms with Crippen LogP contribution in [0.25, 0.3) is 0 Å². The summed E-state index contributed by atoms with van der Waals surface area (Å²) in [5.41, 5.74) is 2.66. The molecule has 0 spiro atoms. The van der Waals surface area contributed by atoms with E-state index in [0.29, 0.717) is 9.90 Å². The second-order valence-corrected chi connectivity index (χ2v) is 9.21. The van der Waals surface area contributed by atoms with Crippen LogP contribution in [-0.2, 0) is 21.3 Å². The topological polar surface area (TPSA) is 58.6 Å². The van der Waals surface area contributed by atoms with Crippen LogP contribution in [0.2, 0.25) is 0 Å². The third kappa shape index (κ3) is 4.16. The van der Waals surface area contributed by atoms with E-state index in [1.54, 1.807) is 6.07 Å². The summed E-state index contributed by atoms with van der Waals surface area (Å²) >= 11 is 1.28. The molecule has 1 aromatic heterocycles. The lowest BCUT2D eigenvalue weighted by Crippen LogP contribution is -2.35. The van der Waals surface area contributed by atoms with Gasteiger partial charge >= 0.3 is 0 Å². The van der Waals surface area contributed by atoms with Gasteiger partial charge in [-0.05, 0) is 43.2 Å². The van der Waals surface area contributed by atoms with Gasteiger partial charge in [0, 0.05) is 24.5 Å². The molecule has 7 heteroatoms. The highest BCUT2D eigenvalue weighted by atomic mass is 32.2. The molecule has 0 aliphatic carbocycles. The van der Waals surface area contributed by atoms with Crippen molar-refractivity contribution in [2.75, 3.05) is 31.0 Å². The van der Waals surface area contributed by atoms with Crippen LogP contribution in [0, 0.1) is 13.8 Å². The number of benzene rings is 1. The van der Waals surface area contributed by atoms with Crippen molar-refractivity contribution in [1.82, 2.24) is 4.90 Å². The molecule has 1 saturated heterocycles. The number of hydrogen-bond acceptors (Lipinski definition) is 5. The number of rotatable bonds is 5. The molecular weight excluding hydrogens is 344 g/mol. The molecular formula is C17H22N2O3S2. The Bertz CT molecular complexity index is 809. The molecule has 0 bridgehead atoms. The standard InChI is InChI=1S/C17H22N2O3S2/c1-13-3-5-15(12-19-7-9-22-10-8-19)11-16(13)18-24(20,21)17-6-4-14(2)23-17/h3-6,11,18H,7-10,12H2,1-2H3. The summed E-state index contributed by atoms with van der Waals surface area (Å²) in [6.07, 6.45) is 0. The zero-order valence-electron chi connectivity index (χ0n) is 13.9. The Morgan fingerprint density at radius 3 is 2.58 bits per heavy atom. The minimum atomic E-state index is -3.53. The van der Waals surface area contributed by atoms with E-state index in [0.717, 1.165) is 48.9 Å². The fraction of sp³-hybridized carbons (Fsp3) is 0.412. The smallest absolute Gasteiger partial charge is 0.271 e. The first-order chi connectivity index (χ1) is 11.4. The number of thiophene rings is 1. The monoisotopic (exact) mass is 366 g/mol. The second kappa shape index (κ2) is 7.23. The lowest BCUT2D eigenvalue weighted by Gasteiger charge is -2.26. The maximum Gasteiger partial charge on any atom is 0.271 e. The molecule has 0 radical (unpaired) electrons. The number of nitrogens with one attached hydrogen (secondary N) is 1. The average Bonchev–Trinajstić information content (AvgIpc) is 2.99. The molecule has 0 atom stereocenters. The van der Waals surface area contributed by atoms with Crippen LogP contribution in [0.15, 0.2) is 34.5 Å².